The van der Waals surface area contributed by atoms with Crippen molar-refractivity contribution in [2.24, 2.45) is 0 Å². The fourth-order valence-electron chi connectivity index (χ4n) is 3.49. The number of amides is 1. The fourth-order valence-corrected chi connectivity index (χ4v) is 4.82. The number of carbonyl (C=O) groups is 1. The quantitative estimate of drug-likeness (QED) is 0.651. The summed E-state index contributed by atoms with van der Waals surface area (Å²) in [7, 11) is -3.56. The van der Waals surface area contributed by atoms with Gasteiger partial charge >= 0.3 is 0 Å². The van der Waals surface area contributed by atoms with Crippen LogP contribution in [0.4, 0.5) is 0 Å². The van der Waals surface area contributed by atoms with Gasteiger partial charge in [-0.25, -0.2) is 17.8 Å². The van der Waals surface area contributed by atoms with Gasteiger partial charge in [0, 0.05) is 19.1 Å². The second kappa shape index (κ2) is 8.76. The summed E-state index contributed by atoms with van der Waals surface area (Å²) in [6.07, 6.45) is 2.76. The van der Waals surface area contributed by atoms with Gasteiger partial charge in [-0.1, -0.05) is 53.7 Å². The number of nitrogens with one attached hydrogen (secondary N) is 1. The third-order valence-electron chi connectivity index (χ3n) is 5.10. The molecule has 3 aromatic rings. The molecule has 1 amide bonds. The molecule has 2 aromatic carbocycles. The van der Waals surface area contributed by atoms with Gasteiger partial charge in [-0.3, -0.25) is 4.79 Å². The highest BCUT2D eigenvalue weighted by Gasteiger charge is 2.28. The van der Waals surface area contributed by atoms with Gasteiger partial charge in [0.25, 0.3) is 5.91 Å². The summed E-state index contributed by atoms with van der Waals surface area (Å²) in [6.45, 7) is 1.48. The summed E-state index contributed by atoms with van der Waals surface area (Å²) in [5, 5.41) is 8.07. The van der Waals surface area contributed by atoms with E-state index in [4.69, 9.17) is 0 Å². The zero-order chi connectivity index (χ0) is 21.0. The lowest BCUT2D eigenvalue weighted by Crippen LogP contribution is -2.46. The average Bonchev–Trinajstić information content (AvgIpc) is 3.23. The molecule has 2 heterocycles. The minimum Gasteiger partial charge on any atom is -0.337 e. The molecule has 0 bridgehead atoms. The first-order valence-electron chi connectivity index (χ1n) is 9.82. The molecule has 1 aromatic heterocycles. The monoisotopic (exact) mass is 425 g/mol. The number of aromatic nitrogens is 3. The number of hydrogen-bond acceptors (Lipinski definition) is 5. The van der Waals surface area contributed by atoms with Gasteiger partial charge in [0.15, 0.2) is 5.69 Å². The second-order valence-electron chi connectivity index (χ2n) is 7.29. The van der Waals surface area contributed by atoms with E-state index in [2.05, 4.69) is 15.0 Å². The number of piperidine rings is 1. The topological polar surface area (TPSA) is 97.2 Å². The normalized spacial score (nSPS) is 15.3. The predicted octanol–water partition coefficient (Wildman–Crippen LogP) is 1.91. The molecule has 0 radical (unpaired) electrons. The highest BCUT2D eigenvalue weighted by molar-refractivity contribution is 7.89. The van der Waals surface area contributed by atoms with Gasteiger partial charge in [0.1, 0.15) is 0 Å². The number of carbonyl (C=O) groups excluding carboxylic acids is 1. The zero-order valence-electron chi connectivity index (χ0n) is 16.4. The molecule has 0 saturated carbocycles. The first-order chi connectivity index (χ1) is 14.5. The Balaban J connectivity index is 1.32. The maximum Gasteiger partial charge on any atom is 0.276 e. The molecule has 4 rings (SSSR count). The van der Waals surface area contributed by atoms with E-state index in [9.17, 15) is 13.2 Å². The first-order valence-corrected chi connectivity index (χ1v) is 11.3. The molecule has 0 unspecified atom stereocenters. The van der Waals surface area contributed by atoms with Crippen molar-refractivity contribution in [2.45, 2.75) is 30.3 Å². The van der Waals surface area contributed by atoms with Crippen LogP contribution in [0.5, 0.6) is 0 Å². The number of hydrogen-bond donors (Lipinski definition) is 1. The lowest BCUT2D eigenvalue weighted by molar-refractivity contribution is 0.0705. The third kappa shape index (κ3) is 4.74. The largest absolute Gasteiger partial charge is 0.337 e. The van der Waals surface area contributed by atoms with E-state index < -0.39 is 10.0 Å². The van der Waals surface area contributed by atoms with E-state index in [0.29, 0.717) is 38.2 Å². The molecule has 9 heteroatoms. The van der Waals surface area contributed by atoms with Crippen LogP contribution in [-0.2, 0) is 16.6 Å². The Morgan fingerprint density at radius 3 is 2.30 bits per heavy atom. The summed E-state index contributed by atoms with van der Waals surface area (Å²) >= 11 is 0. The molecule has 0 aliphatic carbocycles. The zero-order valence-corrected chi connectivity index (χ0v) is 17.2. The Labute approximate surface area is 175 Å². The summed E-state index contributed by atoms with van der Waals surface area (Å²) in [5.74, 6) is -0.182. The van der Waals surface area contributed by atoms with E-state index in [-0.39, 0.29) is 16.8 Å². The lowest BCUT2D eigenvalue weighted by atomic mass is 10.1. The minimum absolute atomic E-state index is 0.182. The summed E-state index contributed by atoms with van der Waals surface area (Å²) in [4.78, 5) is 14.7. The molecule has 0 spiro atoms. The van der Waals surface area contributed by atoms with Crippen molar-refractivity contribution < 1.29 is 13.2 Å². The van der Waals surface area contributed by atoms with Crippen LogP contribution in [0.25, 0.3) is 0 Å². The highest BCUT2D eigenvalue weighted by Crippen LogP contribution is 2.16. The highest BCUT2D eigenvalue weighted by atomic mass is 32.2. The van der Waals surface area contributed by atoms with Crippen molar-refractivity contribution in [1.29, 1.82) is 0 Å². The van der Waals surface area contributed by atoms with Crippen molar-refractivity contribution in [2.75, 3.05) is 13.1 Å². The van der Waals surface area contributed by atoms with Crippen LogP contribution in [0, 0.1) is 0 Å². The van der Waals surface area contributed by atoms with Crippen molar-refractivity contribution in [3.8, 4) is 0 Å². The maximum absolute atomic E-state index is 12.8. The maximum atomic E-state index is 12.8. The number of nitrogens with zero attached hydrogens (tertiary/aromatic N) is 4. The van der Waals surface area contributed by atoms with Gasteiger partial charge in [-0.15, -0.1) is 5.10 Å². The molecular formula is C21H23N5O3S. The molecule has 8 nitrogen and oxygen atoms in total. The van der Waals surface area contributed by atoms with Crippen LogP contribution in [0.15, 0.2) is 71.8 Å². The van der Waals surface area contributed by atoms with E-state index >= 15 is 0 Å². The summed E-state index contributed by atoms with van der Waals surface area (Å²) < 4.78 is 29.3. The average molecular weight is 426 g/mol. The van der Waals surface area contributed by atoms with Gasteiger partial charge in [-0.05, 0) is 30.5 Å². The van der Waals surface area contributed by atoms with Crippen LogP contribution in [0.2, 0.25) is 0 Å². The van der Waals surface area contributed by atoms with E-state index in [0.717, 1.165) is 5.56 Å². The Bertz CT molecular complexity index is 1090. The third-order valence-corrected chi connectivity index (χ3v) is 6.64. The number of rotatable bonds is 6. The molecule has 1 fully saturated rings. The van der Waals surface area contributed by atoms with Gasteiger partial charge in [0.2, 0.25) is 10.0 Å². The summed E-state index contributed by atoms with van der Waals surface area (Å²) in [6, 6.07) is 17.9. The standard InChI is InChI=1S/C21H23N5O3S/c27-21(20-16-26(24-22-20)15-17-7-3-1-4-8-17)25-13-11-18(12-14-25)23-30(28,29)19-9-5-2-6-10-19/h1-10,16,18,23H,11-15H2. The van der Waals surface area contributed by atoms with Crippen LogP contribution in [0.3, 0.4) is 0 Å². The molecular weight excluding hydrogens is 402 g/mol. The van der Waals surface area contributed by atoms with Crippen molar-refractivity contribution in [3.05, 3.63) is 78.1 Å². The predicted molar refractivity (Wildman–Crippen MR) is 111 cm³/mol. The Kier molecular flexibility index (Phi) is 5.91. The molecule has 30 heavy (non-hydrogen) atoms. The number of likely N-dealkylation sites (tertiary alicyclic amines) is 1. The van der Waals surface area contributed by atoms with Gasteiger partial charge in [-0.2, -0.15) is 0 Å². The summed E-state index contributed by atoms with van der Waals surface area (Å²) in [5.41, 5.74) is 1.38. The molecule has 1 aliphatic heterocycles. The molecule has 0 atom stereocenters. The van der Waals surface area contributed by atoms with E-state index in [1.165, 1.54) is 0 Å². The van der Waals surface area contributed by atoms with Crippen LogP contribution < -0.4 is 4.72 Å². The molecule has 1 saturated heterocycles. The van der Waals surface area contributed by atoms with Crippen molar-refractivity contribution in [1.82, 2.24) is 24.6 Å². The lowest BCUT2D eigenvalue weighted by Gasteiger charge is -2.31. The smallest absolute Gasteiger partial charge is 0.276 e. The minimum atomic E-state index is -3.56. The Morgan fingerprint density at radius 2 is 1.63 bits per heavy atom. The fraction of sp³-hybridized carbons (Fsp3) is 0.286. The molecule has 1 N–H and O–H groups in total. The van der Waals surface area contributed by atoms with E-state index in [1.54, 1.807) is 46.1 Å². The first kappa shape index (κ1) is 20.2. The Morgan fingerprint density at radius 1 is 1.00 bits per heavy atom. The molecule has 156 valence electrons. The number of benzene rings is 2. The van der Waals surface area contributed by atoms with Crippen LogP contribution >= 0.6 is 0 Å². The Hall–Kier alpha value is -3.04. The second-order valence-corrected chi connectivity index (χ2v) is 9.00. The van der Waals surface area contributed by atoms with Crippen molar-refractivity contribution >= 4 is 15.9 Å². The van der Waals surface area contributed by atoms with Crippen molar-refractivity contribution in [3.63, 3.8) is 0 Å². The van der Waals surface area contributed by atoms with Crippen LogP contribution in [-0.4, -0.2) is 53.4 Å². The number of sulfonamides is 1. The van der Waals surface area contributed by atoms with Crippen LogP contribution in [0.1, 0.15) is 28.9 Å². The van der Waals surface area contributed by atoms with Gasteiger partial charge < -0.3 is 4.90 Å². The van der Waals surface area contributed by atoms with E-state index in [1.807, 2.05) is 30.3 Å². The SMILES string of the molecule is O=C(c1cn(Cc2ccccc2)nn1)N1CCC(NS(=O)(=O)c2ccccc2)CC1. The molecule has 1 aliphatic rings. The van der Waals surface area contributed by atoms with Gasteiger partial charge in [0.05, 0.1) is 17.6 Å².